The summed E-state index contributed by atoms with van der Waals surface area (Å²) in [6.07, 6.45) is 11.1. The van der Waals surface area contributed by atoms with Crippen molar-refractivity contribution in [1.29, 1.82) is 0 Å². The summed E-state index contributed by atoms with van der Waals surface area (Å²) in [5.41, 5.74) is 4.20. The molecule has 42 heavy (non-hydrogen) atoms. The van der Waals surface area contributed by atoms with Crippen LogP contribution in [0, 0.1) is 16.6 Å². The summed E-state index contributed by atoms with van der Waals surface area (Å²) in [4.78, 5) is 31.7. The highest BCUT2D eigenvalue weighted by Gasteiger charge is 2.46. The molecule has 1 fully saturated rings. The average molecular weight is 570 g/mol. The molecule has 218 valence electrons. The summed E-state index contributed by atoms with van der Waals surface area (Å²) in [5, 5.41) is 23.3. The Balaban J connectivity index is 1.34. The number of Topliss-reactive ketones (excluding diaryl/α,β-unsaturated/α-hetero) is 1. The maximum atomic E-state index is 13.8. The number of hydrogen-bond acceptors (Lipinski definition) is 6. The number of fused-ring (bicyclic) bond motifs is 1. The molecule has 6 rings (SSSR count). The van der Waals surface area contributed by atoms with E-state index < -0.39 is 11.3 Å². The Morgan fingerprint density at radius 2 is 2.00 bits per heavy atom. The molecule has 2 aliphatic carbocycles. The lowest BCUT2D eigenvalue weighted by Gasteiger charge is -2.39. The lowest BCUT2D eigenvalue weighted by atomic mass is 9.67. The first-order chi connectivity index (χ1) is 20.2. The number of aliphatic hydroxyl groups is 1. The second-order valence-electron chi connectivity index (χ2n) is 12.7. The van der Waals surface area contributed by atoms with Gasteiger partial charge in [-0.25, -0.2) is 4.39 Å². The minimum atomic E-state index is -0.488. The van der Waals surface area contributed by atoms with Crippen LogP contribution in [0.4, 0.5) is 10.2 Å². The number of pyridine rings is 1. The van der Waals surface area contributed by atoms with Gasteiger partial charge in [-0.2, -0.15) is 5.10 Å². The third-order valence-electron chi connectivity index (χ3n) is 8.86. The smallest absolute Gasteiger partial charge is 0.269 e. The van der Waals surface area contributed by atoms with Crippen LogP contribution in [0.3, 0.4) is 0 Å². The third kappa shape index (κ3) is 5.41. The number of aromatic amines is 1. The first kappa shape index (κ1) is 28.0. The van der Waals surface area contributed by atoms with Crippen LogP contribution in [-0.2, 0) is 4.79 Å². The zero-order chi connectivity index (χ0) is 29.5. The monoisotopic (exact) mass is 569 g/mol. The summed E-state index contributed by atoms with van der Waals surface area (Å²) in [5.74, 6) is -0.486. The van der Waals surface area contributed by atoms with Crippen LogP contribution in [0.25, 0.3) is 17.2 Å². The largest absolute Gasteiger partial charge is 0.396 e. The van der Waals surface area contributed by atoms with Gasteiger partial charge < -0.3 is 15.7 Å². The van der Waals surface area contributed by atoms with Gasteiger partial charge in [-0.1, -0.05) is 51.0 Å². The van der Waals surface area contributed by atoms with Crippen molar-refractivity contribution in [3.8, 4) is 11.1 Å². The normalized spacial score (nSPS) is 19.6. The van der Waals surface area contributed by atoms with Crippen molar-refractivity contribution in [2.45, 2.75) is 58.3 Å². The number of H-pyrrole nitrogens is 1. The first-order valence-corrected chi connectivity index (χ1v) is 14.6. The molecule has 3 aliphatic rings. The molecule has 2 aromatic heterocycles. The lowest BCUT2D eigenvalue weighted by molar-refractivity contribution is -0.118. The Hall–Kier alpha value is -4.11. The molecule has 9 heteroatoms. The number of rotatable bonds is 7. The fraction of sp³-hybridized carbons (Fsp3) is 0.394. The Labute approximate surface area is 244 Å². The lowest BCUT2D eigenvalue weighted by Crippen LogP contribution is -2.37. The molecule has 8 nitrogen and oxygen atoms in total. The molecule has 1 saturated carbocycles. The van der Waals surface area contributed by atoms with E-state index in [9.17, 15) is 19.1 Å². The van der Waals surface area contributed by atoms with E-state index in [4.69, 9.17) is 0 Å². The summed E-state index contributed by atoms with van der Waals surface area (Å²) >= 11 is 0. The van der Waals surface area contributed by atoms with Crippen molar-refractivity contribution in [3.05, 3.63) is 82.7 Å². The van der Waals surface area contributed by atoms with Crippen LogP contribution in [0.5, 0.6) is 0 Å². The molecule has 1 amide bonds. The van der Waals surface area contributed by atoms with Gasteiger partial charge in [0.25, 0.3) is 5.91 Å². The number of ketones is 1. The predicted molar refractivity (Wildman–Crippen MR) is 159 cm³/mol. The number of benzene rings is 1. The number of nitrogens with one attached hydrogen (secondary N) is 3. The van der Waals surface area contributed by atoms with Crippen molar-refractivity contribution < 1.29 is 19.1 Å². The number of carbonyl (C=O) groups is 2. The molecule has 0 radical (unpaired) electrons. The highest BCUT2D eigenvalue weighted by molar-refractivity contribution is 6.03. The number of amides is 1. The number of aliphatic hydroxyl groups excluding tert-OH is 1. The zero-order valence-electron chi connectivity index (χ0n) is 24.0. The summed E-state index contributed by atoms with van der Waals surface area (Å²) in [6, 6.07) is 10.1. The van der Waals surface area contributed by atoms with Gasteiger partial charge in [0.05, 0.1) is 5.69 Å². The van der Waals surface area contributed by atoms with Gasteiger partial charge in [0.2, 0.25) is 0 Å². The fourth-order valence-corrected chi connectivity index (χ4v) is 6.49. The number of aromatic nitrogens is 3. The third-order valence-corrected chi connectivity index (χ3v) is 8.86. The van der Waals surface area contributed by atoms with Gasteiger partial charge in [-0.05, 0) is 54.5 Å². The Kier molecular flexibility index (Phi) is 7.30. The summed E-state index contributed by atoms with van der Waals surface area (Å²) in [7, 11) is 0. The van der Waals surface area contributed by atoms with E-state index in [1.54, 1.807) is 12.3 Å². The van der Waals surface area contributed by atoms with Crippen molar-refractivity contribution in [2.24, 2.45) is 10.8 Å². The second-order valence-corrected chi connectivity index (χ2v) is 12.7. The molecule has 1 aromatic carbocycles. The van der Waals surface area contributed by atoms with E-state index in [2.05, 4.69) is 25.8 Å². The van der Waals surface area contributed by atoms with Gasteiger partial charge in [0.15, 0.2) is 11.6 Å². The zero-order valence-corrected chi connectivity index (χ0v) is 24.0. The maximum Gasteiger partial charge on any atom is 0.269 e. The molecule has 4 N–H and O–H groups in total. The molecule has 1 aliphatic heterocycles. The minimum Gasteiger partial charge on any atom is -0.396 e. The van der Waals surface area contributed by atoms with E-state index >= 15 is 0 Å². The Bertz CT molecular complexity index is 1580. The molecule has 3 heterocycles. The van der Waals surface area contributed by atoms with E-state index in [0.29, 0.717) is 29.1 Å². The van der Waals surface area contributed by atoms with Gasteiger partial charge >= 0.3 is 0 Å². The molecule has 0 saturated heterocycles. The van der Waals surface area contributed by atoms with Crippen molar-refractivity contribution >= 4 is 23.6 Å². The molecule has 1 atom stereocenters. The molecule has 3 aromatic rings. The topological polar surface area (TPSA) is 120 Å². The number of halogens is 1. The van der Waals surface area contributed by atoms with Crippen molar-refractivity contribution in [3.63, 3.8) is 0 Å². The SMILES string of the molecule is CC(C)(CO)CNC(=O)c1[nH]nc2c1C(C=Cc1ccc(-c3cccc(F)c3)cn1)C1=C(CC3(CCCC3)CC1=O)N2. The molecular weight excluding hydrogens is 533 g/mol. The molecule has 1 spiro atoms. The summed E-state index contributed by atoms with van der Waals surface area (Å²) < 4.78 is 13.7. The van der Waals surface area contributed by atoms with Crippen LogP contribution in [0.1, 0.15) is 80.0 Å². The van der Waals surface area contributed by atoms with E-state index in [0.717, 1.165) is 48.9 Å². The van der Waals surface area contributed by atoms with E-state index in [-0.39, 0.29) is 41.8 Å². The number of nitrogens with zero attached hydrogens (tertiary/aromatic N) is 2. The van der Waals surface area contributed by atoms with Gasteiger partial charge in [-0.15, -0.1) is 0 Å². The number of hydrogen-bond donors (Lipinski definition) is 4. The van der Waals surface area contributed by atoms with Crippen molar-refractivity contribution in [1.82, 2.24) is 20.5 Å². The summed E-state index contributed by atoms with van der Waals surface area (Å²) in [6.45, 7) is 3.94. The minimum absolute atomic E-state index is 0.00459. The number of anilines is 1. The van der Waals surface area contributed by atoms with Gasteiger partial charge in [-0.3, -0.25) is 19.7 Å². The van der Waals surface area contributed by atoms with Crippen molar-refractivity contribution in [2.75, 3.05) is 18.5 Å². The Morgan fingerprint density at radius 3 is 2.71 bits per heavy atom. The number of carbonyl (C=O) groups excluding carboxylic acids is 2. The molecule has 1 unspecified atom stereocenters. The highest BCUT2D eigenvalue weighted by Crippen LogP contribution is 2.53. The quantitative estimate of drug-likeness (QED) is 0.287. The van der Waals surface area contributed by atoms with Gasteiger partial charge in [0.1, 0.15) is 11.5 Å². The standard InChI is InChI=1S/C33H36FN5O3/c1-32(2,19-40)18-36-31(42)29-28-24(11-10-23-9-8-21(17-35-23)20-6-5-7-22(34)14-20)27-25(37-30(28)39-38-29)15-33(16-26(27)41)12-3-4-13-33/h5-11,14,17,24,40H,3-4,12-13,15-16,18-19H2,1-2H3,(H,36,42)(H2,37,38,39). The maximum absolute atomic E-state index is 13.8. The average Bonchev–Trinajstić information content (AvgIpc) is 3.61. The van der Waals surface area contributed by atoms with Crippen LogP contribution in [-0.4, -0.2) is 45.1 Å². The Morgan fingerprint density at radius 1 is 1.19 bits per heavy atom. The predicted octanol–water partition coefficient (Wildman–Crippen LogP) is 5.76. The molecule has 0 bridgehead atoms. The van der Waals surface area contributed by atoms with Gasteiger partial charge in [0, 0.05) is 59.5 Å². The van der Waals surface area contributed by atoms with Crippen LogP contribution in [0.2, 0.25) is 0 Å². The second kappa shape index (κ2) is 10.9. The highest BCUT2D eigenvalue weighted by atomic mass is 19.1. The van der Waals surface area contributed by atoms with E-state index in [1.807, 2.05) is 44.2 Å². The molecular formula is C33H36FN5O3. The fourth-order valence-electron chi connectivity index (χ4n) is 6.49. The van der Waals surface area contributed by atoms with Crippen LogP contribution in [0.15, 0.2) is 59.9 Å². The van der Waals surface area contributed by atoms with E-state index in [1.165, 1.54) is 12.1 Å². The van der Waals surface area contributed by atoms with Crippen LogP contribution < -0.4 is 10.6 Å². The number of allylic oxidation sites excluding steroid dienone is 3. The van der Waals surface area contributed by atoms with Crippen LogP contribution >= 0.6 is 0 Å². The first-order valence-electron chi connectivity index (χ1n) is 14.6.